The highest BCUT2D eigenvalue weighted by atomic mass is 16.6. The van der Waals surface area contributed by atoms with Crippen molar-refractivity contribution < 1.29 is 19.4 Å². The summed E-state index contributed by atoms with van der Waals surface area (Å²) in [7, 11) is 1.29. The molecule has 16 heavy (non-hydrogen) atoms. The zero-order chi connectivity index (χ0) is 12.0. The monoisotopic (exact) mass is 222 g/mol. The summed E-state index contributed by atoms with van der Waals surface area (Å²) in [6.07, 6.45) is 1.53. The molecule has 0 spiro atoms. The fourth-order valence-corrected chi connectivity index (χ4v) is 1.15. The molecule has 1 N–H and O–H groups in total. The van der Waals surface area contributed by atoms with E-state index in [2.05, 4.69) is 4.74 Å². The van der Waals surface area contributed by atoms with Crippen LogP contribution in [0.2, 0.25) is 0 Å². The minimum Gasteiger partial charge on any atom is -0.463 e. The van der Waals surface area contributed by atoms with Crippen LogP contribution in [-0.2, 0) is 16.1 Å². The van der Waals surface area contributed by atoms with Gasteiger partial charge in [0.15, 0.2) is 0 Å². The number of aliphatic hydroxyl groups is 1. The molecule has 1 aromatic carbocycles. The molecule has 0 aliphatic rings. The van der Waals surface area contributed by atoms with Crippen molar-refractivity contribution in [2.45, 2.75) is 13.5 Å². The number of methoxy groups -OCH3 is 1. The lowest BCUT2D eigenvalue weighted by molar-refractivity contribution is -0.138. The summed E-state index contributed by atoms with van der Waals surface area (Å²) in [6, 6.07) is 6.86. The maximum Gasteiger partial charge on any atom is 0.373 e. The predicted octanol–water partition coefficient (Wildman–Crippen LogP) is 1.63. The summed E-state index contributed by atoms with van der Waals surface area (Å²) in [5, 5.41) is 8.95. The van der Waals surface area contributed by atoms with Crippen LogP contribution in [0.1, 0.15) is 12.5 Å². The van der Waals surface area contributed by atoms with E-state index in [4.69, 9.17) is 9.84 Å². The van der Waals surface area contributed by atoms with E-state index in [1.54, 1.807) is 31.2 Å². The first-order valence-corrected chi connectivity index (χ1v) is 4.83. The molecule has 0 saturated heterocycles. The average Bonchev–Trinajstić information content (AvgIpc) is 2.35. The Hall–Kier alpha value is -1.81. The Labute approximate surface area is 94.1 Å². The van der Waals surface area contributed by atoms with Crippen LogP contribution in [0.15, 0.2) is 36.1 Å². The Balaban J connectivity index is 2.82. The van der Waals surface area contributed by atoms with E-state index in [1.165, 1.54) is 13.2 Å². The highest BCUT2D eigenvalue weighted by Gasteiger charge is 2.10. The molecule has 0 heterocycles. The summed E-state index contributed by atoms with van der Waals surface area (Å²) < 4.78 is 9.88. The van der Waals surface area contributed by atoms with Gasteiger partial charge in [0.1, 0.15) is 5.75 Å². The summed E-state index contributed by atoms with van der Waals surface area (Å²) in [4.78, 5) is 11.2. The van der Waals surface area contributed by atoms with Gasteiger partial charge in [0.25, 0.3) is 0 Å². The van der Waals surface area contributed by atoms with Gasteiger partial charge in [-0.05, 0) is 30.7 Å². The fourth-order valence-electron chi connectivity index (χ4n) is 1.15. The van der Waals surface area contributed by atoms with E-state index in [0.29, 0.717) is 5.75 Å². The van der Waals surface area contributed by atoms with Crippen LogP contribution in [0.25, 0.3) is 0 Å². The molecule has 0 saturated carbocycles. The van der Waals surface area contributed by atoms with Crippen LogP contribution < -0.4 is 4.74 Å². The van der Waals surface area contributed by atoms with Gasteiger partial charge in [0.05, 0.1) is 13.7 Å². The molecule has 0 fully saturated rings. The van der Waals surface area contributed by atoms with E-state index in [0.717, 1.165) is 5.56 Å². The topological polar surface area (TPSA) is 55.8 Å². The van der Waals surface area contributed by atoms with Crippen LogP contribution in [0.5, 0.6) is 5.75 Å². The summed E-state index contributed by atoms with van der Waals surface area (Å²) in [5.74, 6) is 0.0829. The number of aliphatic hydroxyl groups excluding tert-OH is 1. The highest BCUT2D eigenvalue weighted by molar-refractivity contribution is 5.86. The van der Waals surface area contributed by atoms with Crippen molar-refractivity contribution in [3.8, 4) is 5.75 Å². The van der Waals surface area contributed by atoms with Crippen molar-refractivity contribution in [1.29, 1.82) is 0 Å². The van der Waals surface area contributed by atoms with Gasteiger partial charge in [-0.2, -0.15) is 0 Å². The Bertz CT molecular complexity index is 396. The maximum atomic E-state index is 11.2. The second kappa shape index (κ2) is 5.92. The molecule has 4 heteroatoms. The quantitative estimate of drug-likeness (QED) is 0.478. The molecule has 0 atom stereocenters. The smallest absolute Gasteiger partial charge is 0.373 e. The van der Waals surface area contributed by atoms with Gasteiger partial charge in [-0.1, -0.05) is 12.1 Å². The fraction of sp³-hybridized carbons (Fsp3) is 0.250. The second-order valence-corrected chi connectivity index (χ2v) is 3.05. The van der Waals surface area contributed by atoms with Gasteiger partial charge in [-0.15, -0.1) is 0 Å². The second-order valence-electron chi connectivity index (χ2n) is 3.05. The third kappa shape index (κ3) is 3.10. The predicted molar refractivity (Wildman–Crippen MR) is 58.8 cm³/mol. The number of hydrogen-bond acceptors (Lipinski definition) is 4. The zero-order valence-corrected chi connectivity index (χ0v) is 9.27. The maximum absolute atomic E-state index is 11.2. The van der Waals surface area contributed by atoms with Crippen molar-refractivity contribution >= 4 is 5.97 Å². The molecule has 0 unspecified atom stereocenters. The van der Waals surface area contributed by atoms with E-state index < -0.39 is 5.97 Å². The molecule has 1 rings (SSSR count). The SMILES string of the molecule is C/C=C(\Oc1cccc(CO)c1)C(=O)OC. The molecule has 0 aromatic heterocycles. The molecule has 0 aliphatic heterocycles. The molecule has 0 aliphatic carbocycles. The van der Waals surface area contributed by atoms with Crippen LogP contribution in [0.3, 0.4) is 0 Å². The number of allylic oxidation sites excluding steroid dienone is 1. The Morgan fingerprint density at radius 2 is 2.25 bits per heavy atom. The van der Waals surface area contributed by atoms with Gasteiger partial charge in [0, 0.05) is 0 Å². The molecule has 4 nitrogen and oxygen atoms in total. The third-order valence-electron chi connectivity index (χ3n) is 1.96. The molecule has 86 valence electrons. The van der Waals surface area contributed by atoms with Crippen molar-refractivity contribution in [2.75, 3.05) is 7.11 Å². The van der Waals surface area contributed by atoms with Gasteiger partial charge in [-0.3, -0.25) is 0 Å². The Morgan fingerprint density at radius 1 is 1.50 bits per heavy atom. The van der Waals surface area contributed by atoms with E-state index >= 15 is 0 Å². The molecule has 0 bridgehead atoms. The average molecular weight is 222 g/mol. The Kier molecular flexibility index (Phi) is 4.54. The van der Waals surface area contributed by atoms with Gasteiger partial charge in [-0.25, -0.2) is 4.79 Å². The standard InChI is InChI=1S/C12H14O4/c1-3-11(12(14)15-2)16-10-6-4-5-9(7-10)8-13/h3-7,13H,8H2,1-2H3/b11-3-. The van der Waals surface area contributed by atoms with Crippen molar-refractivity contribution in [3.63, 3.8) is 0 Å². The van der Waals surface area contributed by atoms with E-state index in [1.807, 2.05) is 0 Å². The summed E-state index contributed by atoms with van der Waals surface area (Å²) in [5.41, 5.74) is 0.720. The minimum atomic E-state index is -0.531. The van der Waals surface area contributed by atoms with Gasteiger partial charge >= 0.3 is 5.97 Å². The van der Waals surface area contributed by atoms with E-state index in [-0.39, 0.29) is 12.4 Å². The normalized spacial score (nSPS) is 11.1. The van der Waals surface area contributed by atoms with Gasteiger partial charge in [0.2, 0.25) is 5.76 Å². The minimum absolute atomic E-state index is 0.0689. The third-order valence-corrected chi connectivity index (χ3v) is 1.96. The van der Waals surface area contributed by atoms with Crippen LogP contribution in [-0.4, -0.2) is 18.2 Å². The zero-order valence-electron chi connectivity index (χ0n) is 9.27. The number of esters is 1. The molecular weight excluding hydrogens is 208 g/mol. The van der Waals surface area contributed by atoms with Crippen molar-refractivity contribution in [1.82, 2.24) is 0 Å². The van der Waals surface area contributed by atoms with Crippen molar-refractivity contribution in [3.05, 3.63) is 41.7 Å². The largest absolute Gasteiger partial charge is 0.463 e. The first kappa shape index (κ1) is 12.3. The molecule has 1 aromatic rings. The summed E-state index contributed by atoms with van der Waals surface area (Å²) in [6.45, 7) is 1.61. The number of rotatable bonds is 4. The molecular formula is C12H14O4. The molecule has 0 amide bonds. The van der Waals surface area contributed by atoms with Crippen LogP contribution in [0.4, 0.5) is 0 Å². The lowest BCUT2D eigenvalue weighted by Gasteiger charge is -2.08. The van der Waals surface area contributed by atoms with Crippen LogP contribution >= 0.6 is 0 Å². The lowest BCUT2D eigenvalue weighted by atomic mass is 10.2. The number of carbonyl (C=O) groups is 1. The van der Waals surface area contributed by atoms with Gasteiger partial charge < -0.3 is 14.6 Å². The number of ether oxygens (including phenoxy) is 2. The van der Waals surface area contributed by atoms with E-state index in [9.17, 15) is 4.79 Å². The number of benzene rings is 1. The number of carbonyl (C=O) groups excluding carboxylic acids is 1. The highest BCUT2D eigenvalue weighted by Crippen LogP contribution is 2.16. The lowest BCUT2D eigenvalue weighted by Crippen LogP contribution is -2.10. The summed E-state index contributed by atoms with van der Waals surface area (Å²) >= 11 is 0. The van der Waals surface area contributed by atoms with Crippen LogP contribution in [0, 0.1) is 0 Å². The Morgan fingerprint density at radius 3 is 2.81 bits per heavy atom. The first-order chi connectivity index (χ1) is 7.71. The number of hydrogen-bond donors (Lipinski definition) is 1. The first-order valence-electron chi connectivity index (χ1n) is 4.83. The molecule has 0 radical (unpaired) electrons. The van der Waals surface area contributed by atoms with Crippen molar-refractivity contribution in [2.24, 2.45) is 0 Å².